The van der Waals surface area contributed by atoms with Gasteiger partial charge in [0, 0.05) is 32.3 Å². The van der Waals surface area contributed by atoms with Crippen molar-refractivity contribution in [2.24, 2.45) is 5.73 Å². The Labute approximate surface area is 143 Å². The van der Waals surface area contributed by atoms with Crippen LogP contribution in [-0.2, 0) is 4.79 Å². The van der Waals surface area contributed by atoms with E-state index in [2.05, 4.69) is 30.5 Å². The number of ether oxygens (including phenoxy) is 2. The molecule has 0 aromatic carbocycles. The van der Waals surface area contributed by atoms with Gasteiger partial charge >= 0.3 is 6.01 Å². The van der Waals surface area contributed by atoms with E-state index in [9.17, 15) is 4.79 Å². The van der Waals surface area contributed by atoms with E-state index in [0.29, 0.717) is 17.9 Å². The maximum Gasteiger partial charge on any atom is 0.330 e. The maximum atomic E-state index is 10.7. The van der Waals surface area contributed by atoms with Crippen molar-refractivity contribution < 1.29 is 14.3 Å². The molecule has 1 fully saturated rings. The van der Waals surface area contributed by atoms with E-state index in [1.807, 2.05) is 14.1 Å². The van der Waals surface area contributed by atoms with Crippen LogP contribution in [0.25, 0.3) is 0 Å². The molecule has 0 saturated heterocycles. The lowest BCUT2D eigenvalue weighted by atomic mass is 10.5. The van der Waals surface area contributed by atoms with Crippen molar-refractivity contribution in [1.29, 1.82) is 0 Å². The van der Waals surface area contributed by atoms with Crippen LogP contribution in [0.2, 0.25) is 0 Å². The van der Waals surface area contributed by atoms with Crippen LogP contribution < -0.4 is 25.4 Å². The maximum absolute atomic E-state index is 10.7. The SMILES string of the molecule is CN(C)c1nc(NC2CC2)nc(Oc2ccc(OCC(N)=O)nn2)n1. The van der Waals surface area contributed by atoms with Crippen molar-refractivity contribution in [1.82, 2.24) is 25.1 Å². The van der Waals surface area contributed by atoms with E-state index in [1.54, 1.807) is 4.90 Å². The summed E-state index contributed by atoms with van der Waals surface area (Å²) < 4.78 is 10.6. The quantitative estimate of drug-likeness (QED) is 0.668. The third-order valence-corrected chi connectivity index (χ3v) is 3.09. The monoisotopic (exact) mass is 346 g/mol. The summed E-state index contributed by atoms with van der Waals surface area (Å²) in [4.78, 5) is 25.2. The molecule has 0 atom stereocenters. The number of amides is 1. The van der Waals surface area contributed by atoms with Gasteiger partial charge in [0.25, 0.3) is 5.91 Å². The Morgan fingerprint density at radius 1 is 1.24 bits per heavy atom. The topological polar surface area (TPSA) is 141 Å². The first-order valence-corrected chi connectivity index (χ1v) is 7.62. The first-order chi connectivity index (χ1) is 12.0. The number of nitrogens with one attached hydrogen (secondary N) is 1. The third kappa shape index (κ3) is 4.86. The molecule has 1 amide bonds. The summed E-state index contributed by atoms with van der Waals surface area (Å²) in [7, 11) is 3.65. The van der Waals surface area contributed by atoms with Crippen LogP contribution in [0.3, 0.4) is 0 Å². The zero-order valence-electron chi connectivity index (χ0n) is 13.8. The second kappa shape index (κ2) is 7.11. The molecule has 1 saturated carbocycles. The van der Waals surface area contributed by atoms with Crippen molar-refractivity contribution in [2.75, 3.05) is 30.9 Å². The van der Waals surface area contributed by atoms with Crippen molar-refractivity contribution in [2.45, 2.75) is 18.9 Å². The molecule has 132 valence electrons. The highest BCUT2D eigenvalue weighted by Gasteiger charge is 2.23. The molecule has 3 rings (SSSR count). The van der Waals surface area contributed by atoms with Crippen LogP contribution in [0.15, 0.2) is 12.1 Å². The first-order valence-electron chi connectivity index (χ1n) is 7.62. The Bertz CT molecular complexity index is 748. The minimum absolute atomic E-state index is 0.0990. The van der Waals surface area contributed by atoms with Gasteiger partial charge in [0.05, 0.1) is 0 Å². The Morgan fingerprint density at radius 3 is 2.56 bits per heavy atom. The average Bonchev–Trinajstić information content (AvgIpc) is 3.38. The number of carbonyl (C=O) groups excluding carboxylic acids is 1. The van der Waals surface area contributed by atoms with Gasteiger partial charge < -0.3 is 25.4 Å². The van der Waals surface area contributed by atoms with Crippen molar-refractivity contribution in [3.8, 4) is 17.8 Å². The lowest BCUT2D eigenvalue weighted by Crippen LogP contribution is -2.20. The largest absolute Gasteiger partial charge is 0.466 e. The molecule has 0 unspecified atom stereocenters. The third-order valence-electron chi connectivity index (χ3n) is 3.09. The highest BCUT2D eigenvalue weighted by atomic mass is 16.5. The predicted molar refractivity (Wildman–Crippen MR) is 87.6 cm³/mol. The molecule has 0 bridgehead atoms. The molecule has 2 aromatic heterocycles. The summed E-state index contributed by atoms with van der Waals surface area (Å²) in [5, 5.41) is 10.8. The number of aromatic nitrogens is 5. The summed E-state index contributed by atoms with van der Waals surface area (Å²) >= 11 is 0. The van der Waals surface area contributed by atoms with Gasteiger partial charge in [-0.2, -0.15) is 15.0 Å². The molecule has 11 nitrogen and oxygen atoms in total. The Hall–Kier alpha value is -3.24. The fourth-order valence-corrected chi connectivity index (χ4v) is 1.74. The number of hydrogen-bond acceptors (Lipinski definition) is 10. The standard InChI is InChI=1S/C14H18N8O3/c1-22(2)13-17-12(16-8-3-4-8)18-14(19-13)25-11-6-5-10(20-21-11)24-7-9(15)23/h5-6,8H,3-4,7H2,1-2H3,(H2,15,23)(H,16,17,18,19). The molecular weight excluding hydrogens is 328 g/mol. The average molecular weight is 346 g/mol. The summed E-state index contributed by atoms with van der Waals surface area (Å²) in [6.45, 7) is -0.273. The number of primary amides is 1. The minimum Gasteiger partial charge on any atom is -0.466 e. The molecule has 11 heteroatoms. The van der Waals surface area contributed by atoms with E-state index in [0.717, 1.165) is 12.8 Å². The Balaban J connectivity index is 1.72. The van der Waals surface area contributed by atoms with Gasteiger partial charge in [-0.1, -0.05) is 0 Å². The normalized spacial score (nSPS) is 13.2. The minimum atomic E-state index is -0.598. The Morgan fingerprint density at radius 2 is 1.96 bits per heavy atom. The van der Waals surface area contributed by atoms with Gasteiger partial charge in [0.2, 0.25) is 23.7 Å². The van der Waals surface area contributed by atoms with Crippen LogP contribution in [0.1, 0.15) is 12.8 Å². The predicted octanol–water partition coefficient (Wildman–Crippen LogP) is -0.0417. The zero-order chi connectivity index (χ0) is 17.8. The van der Waals surface area contributed by atoms with Crippen LogP contribution in [0.5, 0.6) is 17.8 Å². The number of hydrogen-bond donors (Lipinski definition) is 2. The molecule has 0 radical (unpaired) electrons. The zero-order valence-corrected chi connectivity index (χ0v) is 13.8. The first kappa shape index (κ1) is 16.6. The lowest BCUT2D eigenvalue weighted by Gasteiger charge is -2.13. The molecule has 2 heterocycles. The van der Waals surface area contributed by atoms with E-state index in [4.69, 9.17) is 15.2 Å². The van der Waals surface area contributed by atoms with Gasteiger partial charge in [-0.3, -0.25) is 4.79 Å². The van der Waals surface area contributed by atoms with Crippen molar-refractivity contribution in [3.05, 3.63) is 12.1 Å². The second-order valence-electron chi connectivity index (χ2n) is 5.62. The molecule has 1 aliphatic rings. The van der Waals surface area contributed by atoms with Crippen LogP contribution in [-0.4, -0.2) is 57.8 Å². The molecule has 25 heavy (non-hydrogen) atoms. The van der Waals surface area contributed by atoms with Gasteiger partial charge in [0.1, 0.15) is 0 Å². The second-order valence-corrected chi connectivity index (χ2v) is 5.62. The fourth-order valence-electron chi connectivity index (χ4n) is 1.74. The Kier molecular flexibility index (Phi) is 4.73. The summed E-state index contributed by atoms with van der Waals surface area (Å²) in [5.41, 5.74) is 4.99. The number of carbonyl (C=O) groups is 1. The number of nitrogens with zero attached hydrogens (tertiary/aromatic N) is 6. The van der Waals surface area contributed by atoms with Crippen molar-refractivity contribution in [3.63, 3.8) is 0 Å². The van der Waals surface area contributed by atoms with Crippen LogP contribution in [0, 0.1) is 0 Å². The smallest absolute Gasteiger partial charge is 0.330 e. The lowest BCUT2D eigenvalue weighted by molar-refractivity contribution is -0.120. The molecule has 0 spiro atoms. The molecular formula is C14H18N8O3. The molecule has 1 aliphatic carbocycles. The van der Waals surface area contributed by atoms with Gasteiger partial charge in [-0.15, -0.1) is 10.2 Å². The summed E-state index contributed by atoms with van der Waals surface area (Å²) in [6.07, 6.45) is 2.19. The van der Waals surface area contributed by atoms with Gasteiger partial charge in [0.15, 0.2) is 6.61 Å². The van der Waals surface area contributed by atoms with Crippen LogP contribution in [0.4, 0.5) is 11.9 Å². The molecule has 2 aromatic rings. The molecule has 3 N–H and O–H groups in total. The highest BCUT2D eigenvalue weighted by molar-refractivity contribution is 5.75. The van der Waals surface area contributed by atoms with E-state index < -0.39 is 5.91 Å². The van der Waals surface area contributed by atoms with Gasteiger partial charge in [-0.25, -0.2) is 0 Å². The highest BCUT2D eigenvalue weighted by Crippen LogP contribution is 2.25. The fraction of sp³-hybridized carbons (Fsp3) is 0.429. The number of nitrogens with two attached hydrogens (primary N) is 1. The number of rotatable bonds is 8. The van der Waals surface area contributed by atoms with Crippen LogP contribution >= 0.6 is 0 Å². The van der Waals surface area contributed by atoms with E-state index >= 15 is 0 Å². The van der Waals surface area contributed by atoms with Gasteiger partial charge in [-0.05, 0) is 12.8 Å². The van der Waals surface area contributed by atoms with E-state index in [1.165, 1.54) is 12.1 Å². The number of anilines is 2. The van der Waals surface area contributed by atoms with Crippen molar-refractivity contribution >= 4 is 17.8 Å². The summed E-state index contributed by atoms with van der Waals surface area (Å²) in [6, 6.07) is 3.52. The van der Waals surface area contributed by atoms with E-state index in [-0.39, 0.29) is 24.4 Å². The molecule has 0 aliphatic heterocycles. The summed E-state index contributed by atoms with van der Waals surface area (Å²) in [5.74, 6) is 0.652.